The van der Waals surface area contributed by atoms with E-state index in [1.807, 2.05) is 31.2 Å². The number of carbonyl (C=O) groups is 1. The number of rotatable bonds is 6. The summed E-state index contributed by atoms with van der Waals surface area (Å²) in [6.45, 7) is 10.2. The highest BCUT2D eigenvalue weighted by molar-refractivity contribution is 5.95. The standard InChI is InChI=1S/C23H30N2O2/c1-17(2)19-8-10-20(11-9-19)22(25-12-14-27-15-13-25)16-24-23(26)21-7-5-4-6-18(21)3/h4-11,17,22H,12-16H2,1-3H3,(H,24,26). The maximum Gasteiger partial charge on any atom is 0.251 e. The van der Waals surface area contributed by atoms with Gasteiger partial charge in [0.05, 0.1) is 19.3 Å². The van der Waals surface area contributed by atoms with Crippen LogP contribution in [0.4, 0.5) is 0 Å². The molecule has 2 aromatic rings. The highest BCUT2D eigenvalue weighted by atomic mass is 16.5. The zero-order valence-electron chi connectivity index (χ0n) is 16.6. The third-order valence-corrected chi connectivity index (χ3v) is 5.32. The summed E-state index contributed by atoms with van der Waals surface area (Å²) < 4.78 is 5.52. The molecule has 3 rings (SSSR count). The van der Waals surface area contributed by atoms with Gasteiger partial charge in [-0.2, -0.15) is 0 Å². The van der Waals surface area contributed by atoms with Gasteiger partial charge in [0.1, 0.15) is 0 Å². The van der Waals surface area contributed by atoms with Crippen molar-refractivity contribution in [2.75, 3.05) is 32.8 Å². The fraction of sp³-hybridized carbons (Fsp3) is 0.435. The van der Waals surface area contributed by atoms with Crippen molar-refractivity contribution in [3.8, 4) is 0 Å². The molecule has 1 heterocycles. The molecule has 0 bridgehead atoms. The van der Waals surface area contributed by atoms with E-state index < -0.39 is 0 Å². The second-order valence-corrected chi connectivity index (χ2v) is 7.51. The molecule has 27 heavy (non-hydrogen) atoms. The van der Waals surface area contributed by atoms with Crippen LogP contribution >= 0.6 is 0 Å². The highest BCUT2D eigenvalue weighted by Crippen LogP contribution is 2.24. The minimum atomic E-state index is -0.00911. The number of amides is 1. The first-order valence-electron chi connectivity index (χ1n) is 9.81. The molecule has 1 fully saturated rings. The summed E-state index contributed by atoms with van der Waals surface area (Å²) in [5.41, 5.74) is 4.32. The Morgan fingerprint density at radius 3 is 2.30 bits per heavy atom. The van der Waals surface area contributed by atoms with Crippen LogP contribution in [0.15, 0.2) is 48.5 Å². The van der Waals surface area contributed by atoms with Crippen molar-refractivity contribution >= 4 is 5.91 Å². The lowest BCUT2D eigenvalue weighted by Gasteiger charge is -2.35. The number of ether oxygens (including phenoxy) is 1. The zero-order chi connectivity index (χ0) is 19.2. The van der Waals surface area contributed by atoms with Crippen LogP contribution in [0, 0.1) is 6.92 Å². The van der Waals surface area contributed by atoms with Crippen LogP contribution in [0.3, 0.4) is 0 Å². The van der Waals surface area contributed by atoms with Crippen LogP contribution in [0.5, 0.6) is 0 Å². The van der Waals surface area contributed by atoms with Gasteiger partial charge in [-0.25, -0.2) is 0 Å². The minimum absolute atomic E-state index is 0.00911. The third-order valence-electron chi connectivity index (χ3n) is 5.32. The molecule has 1 aliphatic rings. The summed E-state index contributed by atoms with van der Waals surface area (Å²) >= 11 is 0. The van der Waals surface area contributed by atoms with Crippen molar-refractivity contribution in [2.24, 2.45) is 0 Å². The van der Waals surface area contributed by atoms with Crippen molar-refractivity contribution in [1.82, 2.24) is 10.2 Å². The summed E-state index contributed by atoms with van der Waals surface area (Å²) in [6, 6.07) is 16.7. The first kappa shape index (κ1) is 19.6. The second kappa shape index (κ2) is 9.16. The lowest BCUT2D eigenvalue weighted by Crippen LogP contribution is -2.43. The number of aryl methyl sites for hydroxylation is 1. The van der Waals surface area contributed by atoms with Crippen molar-refractivity contribution in [3.05, 3.63) is 70.8 Å². The average molecular weight is 367 g/mol. The third kappa shape index (κ3) is 4.96. The SMILES string of the molecule is Cc1ccccc1C(=O)NCC(c1ccc(C(C)C)cc1)N1CCOCC1. The van der Waals surface area contributed by atoms with Gasteiger partial charge in [0.15, 0.2) is 0 Å². The van der Waals surface area contributed by atoms with E-state index in [1.54, 1.807) is 0 Å². The number of hydrogen-bond acceptors (Lipinski definition) is 3. The van der Waals surface area contributed by atoms with Gasteiger partial charge in [-0.1, -0.05) is 56.3 Å². The van der Waals surface area contributed by atoms with Gasteiger partial charge in [-0.3, -0.25) is 9.69 Å². The summed E-state index contributed by atoms with van der Waals surface area (Å²) in [4.78, 5) is 15.1. The Kier molecular flexibility index (Phi) is 6.64. The van der Waals surface area contributed by atoms with E-state index in [0.717, 1.165) is 37.4 Å². The van der Waals surface area contributed by atoms with Crippen molar-refractivity contribution < 1.29 is 9.53 Å². The molecule has 1 atom stereocenters. The number of nitrogens with zero attached hydrogens (tertiary/aromatic N) is 1. The summed E-state index contributed by atoms with van der Waals surface area (Å²) in [5, 5.41) is 3.15. The molecule has 0 radical (unpaired) electrons. The Morgan fingerprint density at radius 1 is 1.04 bits per heavy atom. The van der Waals surface area contributed by atoms with E-state index in [4.69, 9.17) is 4.74 Å². The molecular formula is C23H30N2O2. The van der Waals surface area contributed by atoms with Crippen molar-refractivity contribution in [2.45, 2.75) is 32.7 Å². The largest absolute Gasteiger partial charge is 0.379 e. The van der Waals surface area contributed by atoms with E-state index in [0.29, 0.717) is 12.5 Å². The Balaban J connectivity index is 1.75. The van der Waals surface area contributed by atoms with E-state index in [2.05, 4.69) is 48.3 Å². The molecule has 4 heteroatoms. The fourth-order valence-corrected chi connectivity index (χ4v) is 3.56. The number of carbonyl (C=O) groups excluding carboxylic acids is 1. The molecule has 0 aromatic heterocycles. The van der Waals surface area contributed by atoms with E-state index in [-0.39, 0.29) is 11.9 Å². The summed E-state index contributed by atoms with van der Waals surface area (Å²) in [7, 11) is 0. The van der Waals surface area contributed by atoms with Crippen molar-refractivity contribution in [3.63, 3.8) is 0 Å². The average Bonchev–Trinajstić information content (AvgIpc) is 2.69. The van der Waals surface area contributed by atoms with Crippen molar-refractivity contribution in [1.29, 1.82) is 0 Å². The molecule has 0 aliphatic carbocycles. The van der Waals surface area contributed by atoms with Crippen LogP contribution < -0.4 is 5.32 Å². The fourth-order valence-electron chi connectivity index (χ4n) is 3.56. The van der Waals surface area contributed by atoms with Gasteiger partial charge in [-0.05, 0) is 35.6 Å². The second-order valence-electron chi connectivity index (χ2n) is 7.51. The van der Waals surface area contributed by atoms with Gasteiger partial charge in [-0.15, -0.1) is 0 Å². The quantitative estimate of drug-likeness (QED) is 0.842. The van der Waals surface area contributed by atoms with Gasteiger partial charge in [0.25, 0.3) is 5.91 Å². The molecule has 1 N–H and O–H groups in total. The molecule has 0 saturated carbocycles. The maximum atomic E-state index is 12.7. The molecule has 1 unspecified atom stereocenters. The Bertz CT molecular complexity index is 749. The van der Waals surface area contributed by atoms with E-state index in [1.165, 1.54) is 11.1 Å². The molecule has 2 aromatic carbocycles. The van der Waals surface area contributed by atoms with Gasteiger partial charge >= 0.3 is 0 Å². The predicted octanol–water partition coefficient (Wildman–Crippen LogP) is 3.92. The Labute approximate surface area is 162 Å². The molecule has 144 valence electrons. The monoisotopic (exact) mass is 366 g/mol. The Morgan fingerprint density at radius 2 is 1.67 bits per heavy atom. The zero-order valence-corrected chi connectivity index (χ0v) is 16.6. The predicted molar refractivity (Wildman–Crippen MR) is 109 cm³/mol. The van der Waals surface area contributed by atoms with E-state index >= 15 is 0 Å². The minimum Gasteiger partial charge on any atom is -0.379 e. The van der Waals surface area contributed by atoms with Crippen LogP contribution in [0.25, 0.3) is 0 Å². The molecule has 0 spiro atoms. The van der Waals surface area contributed by atoms with Crippen LogP contribution in [-0.2, 0) is 4.74 Å². The van der Waals surface area contributed by atoms with Gasteiger partial charge in [0, 0.05) is 25.2 Å². The first-order valence-corrected chi connectivity index (χ1v) is 9.81. The smallest absolute Gasteiger partial charge is 0.251 e. The topological polar surface area (TPSA) is 41.6 Å². The number of nitrogens with one attached hydrogen (secondary N) is 1. The molecular weight excluding hydrogens is 336 g/mol. The van der Waals surface area contributed by atoms with Crippen LogP contribution in [-0.4, -0.2) is 43.7 Å². The molecule has 1 saturated heterocycles. The summed E-state index contributed by atoms with van der Waals surface area (Å²) in [5.74, 6) is 0.506. The summed E-state index contributed by atoms with van der Waals surface area (Å²) in [6.07, 6.45) is 0. The normalized spacial score (nSPS) is 16.3. The van der Waals surface area contributed by atoms with Crippen LogP contribution in [0.1, 0.15) is 52.9 Å². The Hall–Kier alpha value is -2.17. The highest BCUT2D eigenvalue weighted by Gasteiger charge is 2.23. The lowest BCUT2D eigenvalue weighted by molar-refractivity contribution is 0.0162. The van der Waals surface area contributed by atoms with E-state index in [9.17, 15) is 4.79 Å². The van der Waals surface area contributed by atoms with Gasteiger partial charge < -0.3 is 10.1 Å². The first-order chi connectivity index (χ1) is 13.1. The van der Waals surface area contributed by atoms with Crippen LogP contribution in [0.2, 0.25) is 0 Å². The lowest BCUT2D eigenvalue weighted by atomic mass is 9.98. The maximum absolute atomic E-state index is 12.7. The number of hydrogen-bond donors (Lipinski definition) is 1. The van der Waals surface area contributed by atoms with Gasteiger partial charge in [0.2, 0.25) is 0 Å². The molecule has 1 aliphatic heterocycles. The molecule has 4 nitrogen and oxygen atoms in total. The number of morpholine rings is 1. The molecule has 1 amide bonds. The number of benzene rings is 2.